The Labute approximate surface area is 112 Å². The first-order valence-electron chi connectivity index (χ1n) is 6.97. The van der Waals surface area contributed by atoms with Crippen molar-refractivity contribution in [1.82, 2.24) is 0 Å². The van der Waals surface area contributed by atoms with Gasteiger partial charge in [-0.15, -0.1) is 0 Å². The summed E-state index contributed by atoms with van der Waals surface area (Å²) in [7, 11) is 0. The van der Waals surface area contributed by atoms with Crippen LogP contribution in [0.4, 0.5) is 4.39 Å². The molecule has 3 atom stereocenters. The van der Waals surface area contributed by atoms with E-state index in [-0.39, 0.29) is 36.1 Å². The molecule has 1 aromatic rings. The predicted octanol–water partition coefficient (Wildman–Crippen LogP) is 2.86. The molecule has 0 spiro atoms. The summed E-state index contributed by atoms with van der Waals surface area (Å²) in [5, 5.41) is 9.25. The molecule has 4 heteroatoms. The Bertz CT molecular complexity index is 475. The number of benzene rings is 1. The van der Waals surface area contributed by atoms with Crippen molar-refractivity contribution in [1.29, 1.82) is 0 Å². The normalized spacial score (nSPS) is 28.5. The molecule has 1 N–H and O–H groups in total. The van der Waals surface area contributed by atoms with Crippen molar-refractivity contribution >= 4 is 0 Å². The van der Waals surface area contributed by atoms with Crippen LogP contribution >= 0.6 is 0 Å². The first-order chi connectivity index (χ1) is 9.24. The number of aliphatic hydroxyl groups excluding tert-OH is 1. The highest BCUT2D eigenvalue weighted by atomic mass is 19.1. The van der Waals surface area contributed by atoms with Crippen LogP contribution < -0.4 is 9.47 Å². The van der Waals surface area contributed by atoms with Crippen molar-refractivity contribution in [2.75, 3.05) is 13.2 Å². The van der Waals surface area contributed by atoms with Gasteiger partial charge in [-0.2, -0.15) is 4.39 Å². The third-order valence-corrected chi connectivity index (χ3v) is 4.22. The molecule has 0 amide bonds. The maximum atomic E-state index is 14.3. The molecular formula is C15H19FO3. The highest BCUT2D eigenvalue weighted by Crippen LogP contribution is 2.49. The van der Waals surface area contributed by atoms with Crippen molar-refractivity contribution < 1.29 is 19.0 Å². The standard InChI is InChI=1S/C15H19FO3/c1-2-18-12-6-5-11-10-4-3-9(8-17)7-13(10)19-15(11)14(12)16/h5-6,9-10,13,17H,2-4,7-8H2,1H3/t9?,10-,13+/m0/s1. The van der Waals surface area contributed by atoms with Crippen LogP contribution in [-0.2, 0) is 0 Å². The van der Waals surface area contributed by atoms with Crippen molar-refractivity contribution in [2.45, 2.75) is 38.2 Å². The van der Waals surface area contributed by atoms with Gasteiger partial charge in [0.25, 0.3) is 0 Å². The summed E-state index contributed by atoms with van der Waals surface area (Å²) < 4.78 is 25.3. The summed E-state index contributed by atoms with van der Waals surface area (Å²) in [6.45, 7) is 2.46. The Balaban J connectivity index is 1.89. The molecule has 3 rings (SSSR count). The van der Waals surface area contributed by atoms with Crippen LogP contribution in [0.2, 0.25) is 0 Å². The van der Waals surface area contributed by atoms with E-state index in [4.69, 9.17) is 9.47 Å². The van der Waals surface area contributed by atoms with E-state index in [0.29, 0.717) is 12.4 Å². The van der Waals surface area contributed by atoms with Gasteiger partial charge in [0.2, 0.25) is 5.82 Å². The Kier molecular flexibility index (Phi) is 3.35. The molecule has 0 aromatic heterocycles. The minimum atomic E-state index is -0.380. The minimum absolute atomic E-state index is 0.00674. The van der Waals surface area contributed by atoms with Gasteiger partial charge in [-0.3, -0.25) is 0 Å². The molecule has 104 valence electrons. The quantitative estimate of drug-likeness (QED) is 0.914. The SMILES string of the molecule is CCOc1ccc2c(c1F)O[C@@H]1CC(CO)CC[C@@H]21. The van der Waals surface area contributed by atoms with E-state index in [1.54, 1.807) is 6.07 Å². The molecular weight excluding hydrogens is 247 g/mol. The van der Waals surface area contributed by atoms with E-state index in [2.05, 4.69) is 0 Å². The van der Waals surface area contributed by atoms with E-state index in [0.717, 1.165) is 24.8 Å². The van der Waals surface area contributed by atoms with Gasteiger partial charge in [-0.05, 0) is 38.2 Å². The smallest absolute Gasteiger partial charge is 0.207 e. The van der Waals surface area contributed by atoms with Crippen LogP contribution in [0.15, 0.2) is 12.1 Å². The van der Waals surface area contributed by atoms with E-state index in [1.165, 1.54) is 0 Å². The maximum absolute atomic E-state index is 14.3. The van der Waals surface area contributed by atoms with Crippen LogP contribution in [0.25, 0.3) is 0 Å². The Morgan fingerprint density at radius 2 is 2.26 bits per heavy atom. The second-order valence-corrected chi connectivity index (χ2v) is 5.35. The van der Waals surface area contributed by atoms with Crippen LogP contribution in [0, 0.1) is 11.7 Å². The lowest BCUT2D eigenvalue weighted by Crippen LogP contribution is -2.29. The summed E-state index contributed by atoms with van der Waals surface area (Å²) in [6, 6.07) is 3.62. The molecule has 0 radical (unpaired) electrons. The Morgan fingerprint density at radius 3 is 3.00 bits per heavy atom. The van der Waals surface area contributed by atoms with Gasteiger partial charge in [-0.1, -0.05) is 6.07 Å². The number of rotatable bonds is 3. The zero-order chi connectivity index (χ0) is 13.4. The molecule has 1 aromatic carbocycles. The van der Waals surface area contributed by atoms with Gasteiger partial charge in [0.05, 0.1) is 6.61 Å². The van der Waals surface area contributed by atoms with E-state index in [9.17, 15) is 9.50 Å². The van der Waals surface area contributed by atoms with Crippen molar-refractivity contribution in [3.05, 3.63) is 23.5 Å². The summed E-state index contributed by atoms with van der Waals surface area (Å²) in [5.41, 5.74) is 0.961. The number of aliphatic hydroxyl groups is 1. The molecule has 1 fully saturated rings. The van der Waals surface area contributed by atoms with Gasteiger partial charge in [0.1, 0.15) is 6.10 Å². The highest BCUT2D eigenvalue weighted by Gasteiger charge is 2.41. The van der Waals surface area contributed by atoms with Gasteiger partial charge in [0, 0.05) is 18.1 Å². The number of hydrogen-bond donors (Lipinski definition) is 1. The average Bonchev–Trinajstić information content (AvgIpc) is 2.80. The van der Waals surface area contributed by atoms with E-state index >= 15 is 0 Å². The number of ether oxygens (including phenoxy) is 2. The fraction of sp³-hybridized carbons (Fsp3) is 0.600. The predicted molar refractivity (Wildman–Crippen MR) is 69.2 cm³/mol. The van der Waals surface area contributed by atoms with Crippen LogP contribution in [0.1, 0.15) is 37.7 Å². The fourth-order valence-corrected chi connectivity index (χ4v) is 3.25. The van der Waals surface area contributed by atoms with Crippen LogP contribution in [0.3, 0.4) is 0 Å². The lowest BCUT2D eigenvalue weighted by atomic mass is 9.78. The molecule has 3 nitrogen and oxygen atoms in total. The summed E-state index contributed by atoms with van der Waals surface area (Å²) in [4.78, 5) is 0. The zero-order valence-electron chi connectivity index (χ0n) is 11.1. The van der Waals surface area contributed by atoms with Gasteiger partial charge < -0.3 is 14.6 Å². The van der Waals surface area contributed by atoms with Gasteiger partial charge in [-0.25, -0.2) is 0 Å². The minimum Gasteiger partial charge on any atom is -0.491 e. The largest absolute Gasteiger partial charge is 0.491 e. The molecule has 0 bridgehead atoms. The summed E-state index contributed by atoms with van der Waals surface area (Å²) in [6.07, 6.45) is 2.75. The van der Waals surface area contributed by atoms with E-state index in [1.807, 2.05) is 13.0 Å². The zero-order valence-corrected chi connectivity index (χ0v) is 11.1. The van der Waals surface area contributed by atoms with Crippen LogP contribution in [0.5, 0.6) is 11.5 Å². The molecule has 1 aliphatic carbocycles. The molecule has 2 aliphatic rings. The summed E-state index contributed by atoms with van der Waals surface area (Å²) in [5.74, 6) is 0.792. The fourth-order valence-electron chi connectivity index (χ4n) is 3.25. The third kappa shape index (κ3) is 2.08. The van der Waals surface area contributed by atoms with Gasteiger partial charge in [0.15, 0.2) is 11.5 Å². The molecule has 1 aliphatic heterocycles. The first kappa shape index (κ1) is 12.7. The number of hydrogen-bond acceptors (Lipinski definition) is 3. The van der Waals surface area contributed by atoms with Crippen LogP contribution in [-0.4, -0.2) is 24.4 Å². The number of halogens is 1. The summed E-state index contributed by atoms with van der Waals surface area (Å²) >= 11 is 0. The molecule has 1 saturated carbocycles. The second-order valence-electron chi connectivity index (χ2n) is 5.35. The second kappa shape index (κ2) is 5.00. The monoisotopic (exact) mass is 266 g/mol. The Morgan fingerprint density at radius 1 is 1.42 bits per heavy atom. The van der Waals surface area contributed by atoms with Crippen molar-refractivity contribution in [3.63, 3.8) is 0 Å². The number of fused-ring (bicyclic) bond motifs is 3. The van der Waals surface area contributed by atoms with Gasteiger partial charge >= 0.3 is 0 Å². The van der Waals surface area contributed by atoms with Crippen molar-refractivity contribution in [3.8, 4) is 11.5 Å². The molecule has 19 heavy (non-hydrogen) atoms. The average molecular weight is 266 g/mol. The maximum Gasteiger partial charge on any atom is 0.207 e. The molecule has 1 heterocycles. The molecule has 0 saturated heterocycles. The lowest BCUT2D eigenvalue weighted by molar-refractivity contribution is 0.0937. The van der Waals surface area contributed by atoms with E-state index < -0.39 is 0 Å². The van der Waals surface area contributed by atoms with Crippen molar-refractivity contribution in [2.24, 2.45) is 5.92 Å². The lowest BCUT2D eigenvalue weighted by Gasteiger charge is -2.29. The topological polar surface area (TPSA) is 38.7 Å². The molecule has 1 unspecified atom stereocenters. The first-order valence-corrected chi connectivity index (χ1v) is 6.97. The highest BCUT2D eigenvalue weighted by molar-refractivity contribution is 5.48. The Hall–Kier alpha value is -1.29. The third-order valence-electron chi connectivity index (χ3n) is 4.22.